The Kier molecular flexibility index (Phi) is 6.88. The van der Waals surface area contributed by atoms with Crippen molar-refractivity contribution in [2.24, 2.45) is 17.8 Å². The van der Waals surface area contributed by atoms with Gasteiger partial charge in [0.15, 0.2) is 0 Å². The standard InChI is InChI=1S/C17H29NO2S/c1-6-7-15-8-10-16(11-9-15)21(19,20)18-12-17(13(2)3)14(4)5/h8-11,13-14,17-18H,6-7,12H2,1-5H3. The summed E-state index contributed by atoms with van der Waals surface area (Å²) in [5, 5.41) is 0. The number of benzene rings is 1. The molecule has 0 aliphatic heterocycles. The van der Waals surface area contributed by atoms with Crippen LogP contribution in [0.2, 0.25) is 0 Å². The van der Waals surface area contributed by atoms with Crippen molar-refractivity contribution in [2.75, 3.05) is 6.54 Å². The lowest BCUT2D eigenvalue weighted by molar-refractivity contribution is 0.289. The van der Waals surface area contributed by atoms with Gasteiger partial charge in [-0.2, -0.15) is 0 Å². The molecule has 0 fully saturated rings. The zero-order valence-electron chi connectivity index (χ0n) is 13.9. The van der Waals surface area contributed by atoms with Crippen molar-refractivity contribution in [3.63, 3.8) is 0 Å². The Morgan fingerprint density at radius 3 is 1.95 bits per heavy atom. The molecule has 3 nitrogen and oxygen atoms in total. The van der Waals surface area contributed by atoms with Crippen LogP contribution in [0, 0.1) is 17.8 Å². The molecule has 1 N–H and O–H groups in total. The zero-order chi connectivity index (χ0) is 16.0. The molecule has 0 bridgehead atoms. The molecule has 0 radical (unpaired) electrons. The van der Waals surface area contributed by atoms with Crippen molar-refractivity contribution in [3.8, 4) is 0 Å². The Labute approximate surface area is 130 Å². The summed E-state index contributed by atoms with van der Waals surface area (Å²) >= 11 is 0. The maximum absolute atomic E-state index is 12.3. The molecule has 0 aromatic heterocycles. The van der Waals surface area contributed by atoms with Crippen LogP contribution < -0.4 is 4.72 Å². The van der Waals surface area contributed by atoms with Crippen LogP contribution in [0.4, 0.5) is 0 Å². The molecular weight excluding hydrogens is 282 g/mol. The van der Waals surface area contributed by atoms with Crippen LogP contribution in [0.5, 0.6) is 0 Å². The monoisotopic (exact) mass is 311 g/mol. The van der Waals surface area contributed by atoms with E-state index in [0.29, 0.717) is 29.2 Å². The molecule has 120 valence electrons. The molecule has 0 heterocycles. The Hall–Kier alpha value is -0.870. The third-order valence-electron chi connectivity index (χ3n) is 3.99. The minimum Gasteiger partial charge on any atom is -0.211 e. The quantitative estimate of drug-likeness (QED) is 0.792. The van der Waals surface area contributed by atoms with Crippen LogP contribution in [0.1, 0.15) is 46.6 Å². The first-order chi connectivity index (χ1) is 9.77. The van der Waals surface area contributed by atoms with Crippen LogP contribution in [0.25, 0.3) is 0 Å². The molecule has 0 saturated carbocycles. The zero-order valence-corrected chi connectivity index (χ0v) is 14.7. The number of nitrogens with one attached hydrogen (secondary N) is 1. The summed E-state index contributed by atoms with van der Waals surface area (Å²) in [7, 11) is -3.40. The molecule has 21 heavy (non-hydrogen) atoms. The maximum atomic E-state index is 12.3. The van der Waals surface area contributed by atoms with Crippen LogP contribution >= 0.6 is 0 Å². The van der Waals surface area contributed by atoms with Gasteiger partial charge >= 0.3 is 0 Å². The minimum atomic E-state index is -3.40. The van der Waals surface area contributed by atoms with Crippen LogP contribution in [-0.2, 0) is 16.4 Å². The molecule has 1 aromatic carbocycles. The Morgan fingerprint density at radius 2 is 1.52 bits per heavy atom. The van der Waals surface area contributed by atoms with Gasteiger partial charge in [-0.15, -0.1) is 0 Å². The fraction of sp³-hybridized carbons (Fsp3) is 0.647. The molecule has 0 aliphatic carbocycles. The SMILES string of the molecule is CCCc1ccc(S(=O)(=O)NCC(C(C)C)C(C)C)cc1. The fourth-order valence-electron chi connectivity index (χ4n) is 2.65. The second-order valence-corrected chi connectivity index (χ2v) is 8.16. The average Bonchev–Trinajstić information content (AvgIpc) is 2.39. The molecule has 0 spiro atoms. The molecule has 0 unspecified atom stereocenters. The smallest absolute Gasteiger partial charge is 0.211 e. The summed E-state index contributed by atoms with van der Waals surface area (Å²) in [5.74, 6) is 1.26. The van der Waals surface area contributed by atoms with E-state index >= 15 is 0 Å². The Bertz CT molecular complexity index is 510. The van der Waals surface area contributed by atoms with E-state index in [2.05, 4.69) is 39.3 Å². The molecule has 1 aromatic rings. The second-order valence-electron chi connectivity index (χ2n) is 6.40. The van der Waals surface area contributed by atoms with E-state index in [-0.39, 0.29) is 0 Å². The van der Waals surface area contributed by atoms with E-state index in [0.717, 1.165) is 12.8 Å². The highest BCUT2D eigenvalue weighted by molar-refractivity contribution is 7.89. The highest BCUT2D eigenvalue weighted by atomic mass is 32.2. The van der Waals surface area contributed by atoms with Gasteiger partial charge in [0.05, 0.1) is 4.90 Å². The van der Waals surface area contributed by atoms with Crippen LogP contribution in [0.3, 0.4) is 0 Å². The summed E-state index contributed by atoms with van der Waals surface area (Å²) in [5.41, 5.74) is 1.18. The molecule has 0 amide bonds. The van der Waals surface area contributed by atoms with Gasteiger partial charge in [-0.1, -0.05) is 53.2 Å². The van der Waals surface area contributed by atoms with Crippen molar-refractivity contribution in [3.05, 3.63) is 29.8 Å². The van der Waals surface area contributed by atoms with Gasteiger partial charge in [0.25, 0.3) is 0 Å². The highest BCUT2D eigenvalue weighted by Gasteiger charge is 2.21. The van der Waals surface area contributed by atoms with Gasteiger partial charge in [-0.3, -0.25) is 0 Å². The summed E-state index contributed by atoms with van der Waals surface area (Å²) in [6.07, 6.45) is 2.05. The lowest BCUT2D eigenvalue weighted by atomic mass is 9.86. The van der Waals surface area contributed by atoms with E-state index in [1.807, 2.05) is 12.1 Å². The van der Waals surface area contributed by atoms with E-state index in [4.69, 9.17) is 0 Å². The first-order valence-electron chi connectivity index (χ1n) is 7.86. The fourth-order valence-corrected chi connectivity index (χ4v) is 3.73. The van der Waals surface area contributed by atoms with Gasteiger partial charge in [-0.05, 0) is 41.9 Å². The van der Waals surface area contributed by atoms with E-state index < -0.39 is 10.0 Å². The lowest BCUT2D eigenvalue weighted by Gasteiger charge is -2.25. The van der Waals surface area contributed by atoms with Crippen LogP contribution in [-0.4, -0.2) is 15.0 Å². The maximum Gasteiger partial charge on any atom is 0.240 e. The number of sulfonamides is 1. The Morgan fingerprint density at radius 1 is 1.00 bits per heavy atom. The molecule has 1 rings (SSSR count). The lowest BCUT2D eigenvalue weighted by Crippen LogP contribution is -2.33. The minimum absolute atomic E-state index is 0.346. The van der Waals surface area contributed by atoms with E-state index in [1.54, 1.807) is 12.1 Å². The van der Waals surface area contributed by atoms with E-state index in [9.17, 15) is 8.42 Å². The summed E-state index contributed by atoms with van der Waals surface area (Å²) in [4.78, 5) is 0.355. The molecular formula is C17H29NO2S. The predicted octanol–water partition coefficient (Wildman–Crippen LogP) is 3.85. The van der Waals surface area contributed by atoms with Crippen molar-refractivity contribution < 1.29 is 8.42 Å². The number of hydrogen-bond acceptors (Lipinski definition) is 2. The molecule has 0 saturated heterocycles. The summed E-state index contributed by atoms with van der Waals surface area (Å²) < 4.78 is 27.4. The summed E-state index contributed by atoms with van der Waals surface area (Å²) in [6, 6.07) is 7.21. The van der Waals surface area contributed by atoms with Crippen LogP contribution in [0.15, 0.2) is 29.2 Å². The van der Waals surface area contributed by atoms with Gasteiger partial charge in [0.2, 0.25) is 10.0 Å². The van der Waals surface area contributed by atoms with Crippen molar-refractivity contribution >= 4 is 10.0 Å². The van der Waals surface area contributed by atoms with Crippen molar-refractivity contribution in [2.45, 2.75) is 52.4 Å². The van der Waals surface area contributed by atoms with Crippen molar-refractivity contribution in [1.82, 2.24) is 4.72 Å². The second kappa shape index (κ2) is 7.95. The van der Waals surface area contributed by atoms with Gasteiger partial charge in [0.1, 0.15) is 0 Å². The van der Waals surface area contributed by atoms with Gasteiger partial charge in [0, 0.05) is 6.54 Å². The van der Waals surface area contributed by atoms with Crippen molar-refractivity contribution in [1.29, 1.82) is 0 Å². The summed E-state index contributed by atoms with van der Waals surface area (Å²) in [6.45, 7) is 11.2. The number of aryl methyl sites for hydroxylation is 1. The van der Waals surface area contributed by atoms with Gasteiger partial charge in [-0.25, -0.2) is 13.1 Å². The first kappa shape index (κ1) is 18.2. The van der Waals surface area contributed by atoms with E-state index in [1.165, 1.54) is 5.56 Å². The molecule has 0 atom stereocenters. The molecule has 4 heteroatoms. The molecule has 0 aliphatic rings. The Balaban J connectivity index is 2.77. The number of hydrogen-bond donors (Lipinski definition) is 1. The average molecular weight is 311 g/mol. The number of rotatable bonds is 8. The largest absolute Gasteiger partial charge is 0.240 e. The highest BCUT2D eigenvalue weighted by Crippen LogP contribution is 2.20. The topological polar surface area (TPSA) is 46.2 Å². The van der Waals surface area contributed by atoms with Gasteiger partial charge < -0.3 is 0 Å². The third kappa shape index (κ3) is 5.44. The third-order valence-corrected chi connectivity index (χ3v) is 5.43. The normalized spacial score (nSPS) is 12.6. The predicted molar refractivity (Wildman–Crippen MR) is 88.8 cm³/mol. The first-order valence-corrected chi connectivity index (χ1v) is 9.34.